The second-order valence-electron chi connectivity index (χ2n) is 7.78. The fourth-order valence-corrected chi connectivity index (χ4v) is 4.38. The molecule has 0 aliphatic rings. The van der Waals surface area contributed by atoms with Crippen molar-refractivity contribution in [2.24, 2.45) is 0 Å². The third-order valence-corrected chi connectivity index (χ3v) is 5.96. The van der Waals surface area contributed by atoms with Crippen molar-refractivity contribution in [3.63, 3.8) is 0 Å². The number of halogens is 2. The lowest BCUT2D eigenvalue weighted by molar-refractivity contribution is 0.0964. The number of nitrogens with zero attached hydrogens (tertiary/aromatic N) is 2. The minimum absolute atomic E-state index is 0.244. The summed E-state index contributed by atoms with van der Waals surface area (Å²) in [7, 11) is 1.57. The van der Waals surface area contributed by atoms with Crippen LogP contribution < -0.4 is 20.9 Å². The van der Waals surface area contributed by atoms with Crippen LogP contribution in [0, 0.1) is 0 Å². The van der Waals surface area contributed by atoms with Crippen LogP contribution in [0.2, 0.25) is 0 Å². The molecule has 0 unspecified atom stereocenters. The Morgan fingerprint density at radius 2 is 1.54 bits per heavy atom. The topological polar surface area (TPSA) is 86.4 Å². The monoisotopic (exact) mass is 509 g/mol. The summed E-state index contributed by atoms with van der Waals surface area (Å²) in [5.74, 6) is 0.745. The molecule has 0 saturated carbocycles. The molecule has 0 saturated heterocycles. The molecule has 0 aliphatic heterocycles. The lowest BCUT2D eigenvalue weighted by Gasteiger charge is -2.23. The summed E-state index contributed by atoms with van der Waals surface area (Å²) in [6, 6.07) is 19.9. The summed E-state index contributed by atoms with van der Waals surface area (Å²) in [4.78, 5) is 32.2. The van der Waals surface area contributed by atoms with E-state index in [4.69, 9.17) is 28.2 Å². The SMILES string of the molecule is CNC(=O)c1cccc2c(NC(=O)Nc3ccc(N(CCCl)CCCl)cc3)c3ccccc3nc12. The van der Waals surface area contributed by atoms with E-state index in [9.17, 15) is 9.59 Å². The molecule has 35 heavy (non-hydrogen) atoms. The molecular weight excluding hydrogens is 485 g/mol. The molecule has 0 bridgehead atoms. The molecule has 180 valence electrons. The predicted molar refractivity (Wildman–Crippen MR) is 145 cm³/mol. The van der Waals surface area contributed by atoms with E-state index < -0.39 is 6.03 Å². The van der Waals surface area contributed by atoms with E-state index in [1.165, 1.54) is 0 Å². The van der Waals surface area contributed by atoms with Crippen molar-refractivity contribution in [3.05, 3.63) is 72.3 Å². The van der Waals surface area contributed by atoms with Gasteiger partial charge >= 0.3 is 6.03 Å². The quantitative estimate of drug-likeness (QED) is 0.211. The number of amides is 3. The Bertz CT molecular complexity index is 1360. The first-order valence-corrected chi connectivity index (χ1v) is 12.2. The molecule has 4 rings (SSSR count). The molecule has 7 nitrogen and oxygen atoms in total. The summed E-state index contributed by atoms with van der Waals surface area (Å²) >= 11 is 11.8. The van der Waals surface area contributed by atoms with Gasteiger partial charge < -0.3 is 20.9 Å². The zero-order valence-corrected chi connectivity index (χ0v) is 20.7. The first-order chi connectivity index (χ1) is 17.0. The minimum atomic E-state index is -0.404. The fraction of sp³-hybridized carbons (Fsp3) is 0.192. The molecule has 9 heteroatoms. The van der Waals surface area contributed by atoms with E-state index >= 15 is 0 Å². The Hall–Kier alpha value is -3.55. The largest absolute Gasteiger partial charge is 0.369 e. The summed E-state index contributed by atoms with van der Waals surface area (Å²) in [5, 5.41) is 9.94. The summed E-state index contributed by atoms with van der Waals surface area (Å²) in [6.45, 7) is 1.36. The van der Waals surface area contributed by atoms with E-state index in [-0.39, 0.29) is 5.91 Å². The number of carbonyl (C=O) groups is 2. The smallest absolute Gasteiger partial charge is 0.323 e. The number of carbonyl (C=O) groups excluding carboxylic acids is 2. The van der Waals surface area contributed by atoms with Crippen molar-refractivity contribution in [2.45, 2.75) is 0 Å². The van der Waals surface area contributed by atoms with E-state index in [1.807, 2.05) is 54.6 Å². The maximum Gasteiger partial charge on any atom is 0.323 e. The number of benzene rings is 3. The maximum absolute atomic E-state index is 13.0. The number of pyridine rings is 1. The molecule has 0 atom stereocenters. The average molecular weight is 510 g/mol. The van der Waals surface area contributed by atoms with Gasteiger partial charge in [0.2, 0.25) is 0 Å². The van der Waals surface area contributed by atoms with Gasteiger partial charge in [-0.1, -0.05) is 30.3 Å². The van der Waals surface area contributed by atoms with Crippen LogP contribution in [0.3, 0.4) is 0 Å². The van der Waals surface area contributed by atoms with Crippen LogP contribution in [-0.4, -0.2) is 48.8 Å². The third-order valence-electron chi connectivity index (χ3n) is 5.62. The van der Waals surface area contributed by atoms with E-state index in [2.05, 4.69) is 20.9 Å². The Balaban J connectivity index is 1.64. The van der Waals surface area contributed by atoms with Crippen molar-refractivity contribution in [1.29, 1.82) is 0 Å². The predicted octanol–water partition coefficient (Wildman–Crippen LogP) is 5.68. The Labute approximate surface area is 213 Å². The third kappa shape index (κ3) is 5.42. The van der Waals surface area contributed by atoms with Crippen molar-refractivity contribution in [2.75, 3.05) is 47.4 Å². The molecular formula is C26H25Cl2N5O2. The normalized spacial score (nSPS) is 10.8. The number of fused-ring (bicyclic) bond motifs is 2. The van der Waals surface area contributed by atoms with Crippen LogP contribution in [0.4, 0.5) is 21.9 Å². The van der Waals surface area contributed by atoms with Gasteiger partial charge in [-0.3, -0.25) is 4.79 Å². The Morgan fingerprint density at radius 1 is 0.857 bits per heavy atom. The number of alkyl halides is 2. The average Bonchev–Trinajstić information content (AvgIpc) is 2.88. The lowest BCUT2D eigenvalue weighted by Crippen LogP contribution is -2.27. The maximum atomic E-state index is 13.0. The highest BCUT2D eigenvalue weighted by molar-refractivity contribution is 6.19. The van der Waals surface area contributed by atoms with Crippen LogP contribution in [0.15, 0.2) is 66.7 Å². The first-order valence-electron chi connectivity index (χ1n) is 11.1. The van der Waals surface area contributed by atoms with Gasteiger partial charge in [0.1, 0.15) is 0 Å². The van der Waals surface area contributed by atoms with E-state index in [0.717, 1.165) is 11.1 Å². The minimum Gasteiger partial charge on any atom is -0.369 e. The fourth-order valence-electron chi connectivity index (χ4n) is 3.97. The molecule has 3 amide bonds. The van der Waals surface area contributed by atoms with E-state index in [0.29, 0.717) is 58.2 Å². The summed E-state index contributed by atoms with van der Waals surface area (Å²) < 4.78 is 0. The summed E-state index contributed by atoms with van der Waals surface area (Å²) in [6.07, 6.45) is 0. The Kier molecular flexibility index (Phi) is 7.90. The number of aromatic nitrogens is 1. The molecule has 3 N–H and O–H groups in total. The van der Waals surface area contributed by atoms with Crippen molar-refractivity contribution >= 4 is 74.0 Å². The van der Waals surface area contributed by atoms with Crippen LogP contribution in [0.25, 0.3) is 21.8 Å². The van der Waals surface area contributed by atoms with Gasteiger partial charge in [-0.25, -0.2) is 9.78 Å². The molecule has 0 fully saturated rings. The number of anilines is 3. The molecule has 0 radical (unpaired) electrons. The number of para-hydroxylation sites is 2. The van der Waals surface area contributed by atoms with Crippen LogP contribution in [0.1, 0.15) is 10.4 Å². The van der Waals surface area contributed by atoms with Crippen molar-refractivity contribution < 1.29 is 9.59 Å². The molecule has 0 aliphatic carbocycles. The van der Waals surface area contributed by atoms with Gasteiger partial charge in [0, 0.05) is 54.0 Å². The van der Waals surface area contributed by atoms with Crippen LogP contribution >= 0.6 is 23.2 Å². The van der Waals surface area contributed by atoms with Crippen LogP contribution in [-0.2, 0) is 0 Å². The highest BCUT2D eigenvalue weighted by Crippen LogP contribution is 2.32. The molecule has 4 aromatic rings. The van der Waals surface area contributed by atoms with Crippen LogP contribution in [0.5, 0.6) is 0 Å². The number of nitrogens with one attached hydrogen (secondary N) is 3. The second-order valence-corrected chi connectivity index (χ2v) is 8.53. The molecule has 1 aromatic heterocycles. The van der Waals surface area contributed by atoms with Gasteiger partial charge in [-0.2, -0.15) is 0 Å². The van der Waals surface area contributed by atoms with Gasteiger partial charge in [0.15, 0.2) is 0 Å². The second kappa shape index (κ2) is 11.3. The number of urea groups is 1. The zero-order chi connectivity index (χ0) is 24.8. The number of hydrogen-bond donors (Lipinski definition) is 3. The summed E-state index contributed by atoms with van der Waals surface area (Å²) in [5.41, 5.74) is 3.83. The molecule has 3 aromatic carbocycles. The Morgan fingerprint density at radius 3 is 2.23 bits per heavy atom. The lowest BCUT2D eigenvalue weighted by atomic mass is 10.0. The molecule has 1 heterocycles. The highest BCUT2D eigenvalue weighted by atomic mass is 35.5. The van der Waals surface area contributed by atoms with Gasteiger partial charge in [-0.05, 0) is 36.4 Å². The van der Waals surface area contributed by atoms with Gasteiger partial charge in [0.25, 0.3) is 5.91 Å². The highest BCUT2D eigenvalue weighted by Gasteiger charge is 2.17. The number of rotatable bonds is 8. The van der Waals surface area contributed by atoms with Crippen molar-refractivity contribution in [3.8, 4) is 0 Å². The molecule has 0 spiro atoms. The first kappa shape index (κ1) is 24.6. The van der Waals surface area contributed by atoms with Gasteiger partial charge in [-0.15, -0.1) is 23.2 Å². The van der Waals surface area contributed by atoms with E-state index in [1.54, 1.807) is 19.2 Å². The van der Waals surface area contributed by atoms with Crippen molar-refractivity contribution in [1.82, 2.24) is 10.3 Å². The van der Waals surface area contributed by atoms with Gasteiger partial charge in [0.05, 0.1) is 22.3 Å². The standard InChI is InChI=1S/C26H25Cl2N5O2/c1-29-25(34)21-7-4-6-20-23(19-5-2-3-8-22(19)31-24(20)21)32-26(35)30-17-9-11-18(12-10-17)33(15-13-27)16-14-28/h2-12H,13-16H2,1H3,(H,29,34)(H2,30,31,32,35). The number of hydrogen-bond acceptors (Lipinski definition) is 4. The zero-order valence-electron chi connectivity index (χ0n) is 19.1.